The van der Waals surface area contributed by atoms with E-state index in [9.17, 15) is 14.0 Å². The van der Waals surface area contributed by atoms with Crippen molar-refractivity contribution >= 4 is 11.9 Å². The average Bonchev–Trinajstić information content (AvgIpc) is 2.25. The Morgan fingerprint density at radius 2 is 2.17 bits per heavy atom. The van der Waals surface area contributed by atoms with E-state index in [4.69, 9.17) is 10.8 Å². The van der Waals surface area contributed by atoms with Crippen LogP contribution in [0.5, 0.6) is 0 Å². The SMILES string of the molecule is CC(CC(N)=O)NCc1ccc(C(=O)O)c(F)c1. The van der Waals surface area contributed by atoms with Crippen LogP contribution in [-0.2, 0) is 11.3 Å². The predicted octanol–water partition coefficient (Wildman–Crippen LogP) is 0.877. The van der Waals surface area contributed by atoms with Gasteiger partial charge in [0.1, 0.15) is 5.82 Å². The summed E-state index contributed by atoms with van der Waals surface area (Å²) in [7, 11) is 0. The number of hydrogen-bond acceptors (Lipinski definition) is 3. The van der Waals surface area contributed by atoms with Gasteiger partial charge in [0.15, 0.2) is 0 Å². The summed E-state index contributed by atoms with van der Waals surface area (Å²) < 4.78 is 13.4. The normalized spacial score (nSPS) is 12.1. The minimum Gasteiger partial charge on any atom is -0.478 e. The van der Waals surface area contributed by atoms with Gasteiger partial charge in [-0.3, -0.25) is 4.79 Å². The van der Waals surface area contributed by atoms with E-state index in [2.05, 4.69) is 5.32 Å². The summed E-state index contributed by atoms with van der Waals surface area (Å²) in [6.07, 6.45) is 0.190. The molecule has 0 aliphatic rings. The van der Waals surface area contributed by atoms with Gasteiger partial charge < -0.3 is 16.2 Å². The first-order valence-electron chi connectivity index (χ1n) is 5.43. The molecule has 0 aliphatic heterocycles. The van der Waals surface area contributed by atoms with Gasteiger partial charge in [0.2, 0.25) is 5.91 Å². The molecule has 6 heteroatoms. The van der Waals surface area contributed by atoms with E-state index in [-0.39, 0.29) is 18.0 Å². The molecular formula is C12H15FN2O3. The van der Waals surface area contributed by atoms with Crippen LogP contribution in [-0.4, -0.2) is 23.0 Å². The Kier molecular flexibility index (Phi) is 4.79. The molecule has 5 nitrogen and oxygen atoms in total. The third-order valence-corrected chi connectivity index (χ3v) is 2.43. The maximum Gasteiger partial charge on any atom is 0.338 e. The summed E-state index contributed by atoms with van der Waals surface area (Å²) in [4.78, 5) is 21.3. The van der Waals surface area contributed by atoms with Gasteiger partial charge in [0.05, 0.1) is 5.56 Å². The van der Waals surface area contributed by atoms with Gasteiger partial charge >= 0.3 is 5.97 Å². The van der Waals surface area contributed by atoms with Gasteiger partial charge in [-0.25, -0.2) is 9.18 Å². The zero-order valence-electron chi connectivity index (χ0n) is 9.94. The van der Waals surface area contributed by atoms with Crippen molar-refractivity contribution in [2.24, 2.45) is 5.73 Å². The summed E-state index contributed by atoms with van der Waals surface area (Å²) in [5, 5.41) is 11.7. The first-order valence-corrected chi connectivity index (χ1v) is 5.43. The number of benzene rings is 1. The fourth-order valence-corrected chi connectivity index (χ4v) is 1.51. The Hall–Kier alpha value is -1.95. The fourth-order valence-electron chi connectivity index (χ4n) is 1.51. The maximum atomic E-state index is 13.4. The Morgan fingerprint density at radius 3 is 2.67 bits per heavy atom. The summed E-state index contributed by atoms with van der Waals surface area (Å²) in [5.41, 5.74) is 5.28. The number of primary amides is 1. The molecular weight excluding hydrogens is 239 g/mol. The summed E-state index contributed by atoms with van der Waals surface area (Å²) in [6, 6.07) is 3.78. The third kappa shape index (κ3) is 4.14. The van der Waals surface area contributed by atoms with Gasteiger partial charge in [-0.2, -0.15) is 0 Å². The maximum absolute atomic E-state index is 13.4. The lowest BCUT2D eigenvalue weighted by atomic mass is 10.1. The molecule has 0 heterocycles. The number of halogens is 1. The molecule has 0 aromatic heterocycles. The van der Waals surface area contributed by atoms with E-state index >= 15 is 0 Å². The molecule has 0 bridgehead atoms. The number of carboxylic acids is 1. The molecule has 4 N–H and O–H groups in total. The van der Waals surface area contributed by atoms with Crippen molar-refractivity contribution in [3.05, 3.63) is 35.1 Å². The monoisotopic (exact) mass is 254 g/mol. The highest BCUT2D eigenvalue weighted by Crippen LogP contribution is 2.10. The average molecular weight is 254 g/mol. The Bertz CT molecular complexity index is 463. The van der Waals surface area contributed by atoms with Crippen LogP contribution in [0.25, 0.3) is 0 Å². The number of nitrogens with one attached hydrogen (secondary N) is 1. The molecule has 0 saturated heterocycles. The van der Waals surface area contributed by atoms with Crippen molar-refractivity contribution in [2.45, 2.75) is 25.9 Å². The Balaban J connectivity index is 2.61. The number of amides is 1. The van der Waals surface area contributed by atoms with Crippen LogP contribution < -0.4 is 11.1 Å². The molecule has 0 radical (unpaired) electrons. The molecule has 18 heavy (non-hydrogen) atoms. The first-order chi connectivity index (χ1) is 8.40. The van der Waals surface area contributed by atoms with Crippen LogP contribution in [0.2, 0.25) is 0 Å². The van der Waals surface area contributed by atoms with Gasteiger partial charge in [0.25, 0.3) is 0 Å². The zero-order chi connectivity index (χ0) is 13.7. The molecule has 0 fully saturated rings. The highest BCUT2D eigenvalue weighted by molar-refractivity contribution is 5.87. The van der Waals surface area contributed by atoms with Crippen LogP contribution >= 0.6 is 0 Å². The zero-order valence-corrected chi connectivity index (χ0v) is 9.94. The number of hydrogen-bond donors (Lipinski definition) is 3. The molecule has 1 unspecified atom stereocenters. The number of aromatic carboxylic acids is 1. The minimum absolute atomic E-state index is 0.121. The lowest BCUT2D eigenvalue weighted by Gasteiger charge is -2.12. The highest BCUT2D eigenvalue weighted by Gasteiger charge is 2.11. The second-order valence-electron chi connectivity index (χ2n) is 4.07. The van der Waals surface area contributed by atoms with Crippen molar-refractivity contribution in [2.75, 3.05) is 0 Å². The van der Waals surface area contributed by atoms with E-state index in [1.165, 1.54) is 12.1 Å². The van der Waals surface area contributed by atoms with E-state index in [1.54, 1.807) is 6.92 Å². The van der Waals surface area contributed by atoms with Crippen LogP contribution in [0.4, 0.5) is 4.39 Å². The summed E-state index contributed by atoms with van der Waals surface area (Å²) >= 11 is 0. The fraction of sp³-hybridized carbons (Fsp3) is 0.333. The molecule has 1 aromatic carbocycles. The van der Waals surface area contributed by atoms with Crippen LogP contribution in [0.15, 0.2) is 18.2 Å². The summed E-state index contributed by atoms with van der Waals surface area (Å²) in [5.74, 6) is -2.49. The van der Waals surface area contributed by atoms with Crippen molar-refractivity contribution in [1.82, 2.24) is 5.32 Å². The molecule has 98 valence electrons. The number of carboxylic acid groups (broad SMARTS) is 1. The van der Waals surface area contributed by atoms with E-state index in [1.807, 2.05) is 0 Å². The highest BCUT2D eigenvalue weighted by atomic mass is 19.1. The second kappa shape index (κ2) is 6.11. The largest absolute Gasteiger partial charge is 0.478 e. The molecule has 1 atom stereocenters. The number of nitrogens with two attached hydrogens (primary N) is 1. The smallest absolute Gasteiger partial charge is 0.338 e. The lowest BCUT2D eigenvalue weighted by Crippen LogP contribution is -2.30. The van der Waals surface area contributed by atoms with Gasteiger partial charge in [0, 0.05) is 19.0 Å². The topological polar surface area (TPSA) is 92.4 Å². The minimum atomic E-state index is -1.30. The number of rotatable bonds is 6. The first kappa shape index (κ1) is 14.1. The van der Waals surface area contributed by atoms with Crippen LogP contribution in [0.1, 0.15) is 29.3 Å². The van der Waals surface area contributed by atoms with Crippen LogP contribution in [0, 0.1) is 5.82 Å². The Morgan fingerprint density at radius 1 is 1.50 bits per heavy atom. The molecule has 0 aliphatic carbocycles. The van der Waals surface area contributed by atoms with Crippen LogP contribution in [0.3, 0.4) is 0 Å². The van der Waals surface area contributed by atoms with Gasteiger partial charge in [-0.05, 0) is 24.6 Å². The molecule has 1 amide bonds. The van der Waals surface area contributed by atoms with Crippen molar-refractivity contribution < 1.29 is 19.1 Å². The predicted molar refractivity (Wildman–Crippen MR) is 63.5 cm³/mol. The standard InChI is InChI=1S/C12H15FN2O3/c1-7(4-11(14)16)15-6-8-2-3-9(12(17)18)10(13)5-8/h2-3,5,7,15H,4,6H2,1H3,(H2,14,16)(H,17,18). The van der Waals surface area contributed by atoms with Gasteiger partial charge in [-0.1, -0.05) is 6.07 Å². The number of carbonyl (C=O) groups excluding carboxylic acids is 1. The van der Waals surface area contributed by atoms with Gasteiger partial charge in [-0.15, -0.1) is 0 Å². The van der Waals surface area contributed by atoms with E-state index in [0.29, 0.717) is 12.1 Å². The number of carbonyl (C=O) groups is 2. The molecule has 1 rings (SSSR count). The Labute approximate surface area is 104 Å². The van der Waals surface area contributed by atoms with E-state index in [0.717, 1.165) is 6.07 Å². The van der Waals surface area contributed by atoms with Crippen molar-refractivity contribution in [3.63, 3.8) is 0 Å². The molecule has 1 aromatic rings. The lowest BCUT2D eigenvalue weighted by molar-refractivity contribution is -0.118. The van der Waals surface area contributed by atoms with Crippen molar-refractivity contribution in [1.29, 1.82) is 0 Å². The summed E-state index contributed by atoms with van der Waals surface area (Å²) in [6.45, 7) is 2.12. The third-order valence-electron chi connectivity index (χ3n) is 2.43. The molecule has 0 saturated carbocycles. The quantitative estimate of drug-likeness (QED) is 0.702. The van der Waals surface area contributed by atoms with E-state index < -0.39 is 17.7 Å². The van der Waals surface area contributed by atoms with Crippen molar-refractivity contribution in [3.8, 4) is 0 Å². The second-order valence-corrected chi connectivity index (χ2v) is 4.07. The molecule has 0 spiro atoms.